The summed E-state index contributed by atoms with van der Waals surface area (Å²) in [5, 5.41) is 3.33. The van der Waals surface area contributed by atoms with Crippen LogP contribution in [0, 0.1) is 0 Å². The average molecular weight is 529 g/mol. The number of hydrogen-bond acceptors (Lipinski definition) is 4. The molecule has 0 aliphatic heterocycles. The molecule has 10 heteroatoms. The first kappa shape index (κ1) is 28.0. The van der Waals surface area contributed by atoms with E-state index in [1.54, 1.807) is 0 Å². The zero-order valence-electron chi connectivity index (χ0n) is 19.6. The van der Waals surface area contributed by atoms with E-state index < -0.39 is 28.5 Å². The Morgan fingerprint density at radius 1 is 1.03 bits per heavy atom. The van der Waals surface area contributed by atoms with Gasteiger partial charge in [-0.2, -0.15) is 0 Å². The first-order chi connectivity index (χ1) is 16.1. The molecule has 0 aromatic heterocycles. The van der Waals surface area contributed by atoms with Crippen molar-refractivity contribution in [3.05, 3.63) is 64.1 Å². The number of halogens is 2. The Balaban J connectivity index is 2.39. The molecule has 0 unspecified atom stereocenters. The fourth-order valence-electron chi connectivity index (χ4n) is 3.46. The van der Waals surface area contributed by atoms with Gasteiger partial charge in [0.25, 0.3) is 0 Å². The van der Waals surface area contributed by atoms with Crippen molar-refractivity contribution in [3.63, 3.8) is 0 Å². The number of rotatable bonds is 12. The van der Waals surface area contributed by atoms with Gasteiger partial charge in [0, 0.05) is 13.1 Å². The van der Waals surface area contributed by atoms with E-state index in [4.69, 9.17) is 23.2 Å². The van der Waals surface area contributed by atoms with Crippen molar-refractivity contribution in [3.8, 4) is 0 Å². The highest BCUT2D eigenvalue weighted by atomic mass is 35.5. The number of amides is 2. The average Bonchev–Trinajstić information content (AvgIpc) is 2.79. The summed E-state index contributed by atoms with van der Waals surface area (Å²) in [6.45, 7) is 4.04. The monoisotopic (exact) mass is 527 g/mol. The minimum Gasteiger partial charge on any atom is -0.354 e. The fourth-order valence-corrected chi connectivity index (χ4v) is 4.59. The molecule has 0 spiro atoms. The van der Waals surface area contributed by atoms with Gasteiger partial charge in [-0.05, 0) is 36.6 Å². The summed E-state index contributed by atoms with van der Waals surface area (Å²) in [4.78, 5) is 27.9. The smallest absolute Gasteiger partial charge is 0.244 e. The van der Waals surface area contributed by atoms with E-state index >= 15 is 0 Å². The van der Waals surface area contributed by atoms with Crippen molar-refractivity contribution in [2.45, 2.75) is 45.7 Å². The summed E-state index contributed by atoms with van der Waals surface area (Å²) < 4.78 is 26.2. The fraction of sp³-hybridized carbons (Fsp3) is 0.417. The highest BCUT2D eigenvalue weighted by Gasteiger charge is 2.31. The quantitative estimate of drug-likeness (QED) is 0.412. The van der Waals surface area contributed by atoms with Gasteiger partial charge >= 0.3 is 0 Å². The van der Waals surface area contributed by atoms with Gasteiger partial charge in [-0.1, -0.05) is 73.8 Å². The van der Waals surface area contributed by atoms with Crippen LogP contribution in [0.15, 0.2) is 48.5 Å². The first-order valence-corrected chi connectivity index (χ1v) is 13.7. The highest BCUT2D eigenvalue weighted by molar-refractivity contribution is 7.92. The van der Waals surface area contributed by atoms with Crippen LogP contribution in [-0.4, -0.2) is 50.5 Å². The zero-order chi connectivity index (χ0) is 25.3. The Hall–Kier alpha value is -2.29. The molecule has 34 heavy (non-hydrogen) atoms. The zero-order valence-corrected chi connectivity index (χ0v) is 22.0. The number of anilines is 1. The summed E-state index contributed by atoms with van der Waals surface area (Å²) in [5.74, 6) is -0.765. The first-order valence-electron chi connectivity index (χ1n) is 11.1. The predicted molar refractivity (Wildman–Crippen MR) is 138 cm³/mol. The van der Waals surface area contributed by atoms with Gasteiger partial charge in [0.1, 0.15) is 12.6 Å². The molecule has 186 valence electrons. The van der Waals surface area contributed by atoms with Crippen LogP contribution in [0.1, 0.15) is 38.7 Å². The van der Waals surface area contributed by atoms with Crippen molar-refractivity contribution in [1.82, 2.24) is 10.2 Å². The molecule has 0 radical (unpaired) electrons. The lowest BCUT2D eigenvalue weighted by Gasteiger charge is -2.33. The third-order valence-corrected chi connectivity index (χ3v) is 7.16. The van der Waals surface area contributed by atoms with Crippen molar-refractivity contribution >= 4 is 50.7 Å². The van der Waals surface area contributed by atoms with Gasteiger partial charge in [0.05, 0.1) is 22.0 Å². The number of nitrogens with one attached hydrogen (secondary N) is 1. The molecule has 0 saturated heterocycles. The van der Waals surface area contributed by atoms with Crippen LogP contribution in [0.5, 0.6) is 0 Å². The predicted octanol–water partition coefficient (Wildman–Crippen LogP) is 4.48. The lowest BCUT2D eigenvalue weighted by molar-refractivity contribution is -0.140. The second-order valence-corrected chi connectivity index (χ2v) is 10.7. The number of hydrogen-bond donors (Lipinski definition) is 1. The standard InChI is InChI=1S/C24H31Cl2N3O4S/c1-4-6-14-27-24(31)22(5-2)28(16-18-10-8-7-9-11-18)23(30)17-29(34(3,32)33)19-12-13-20(25)21(26)15-19/h7-13,15,22H,4-6,14,16-17H2,1-3H3,(H,27,31)/t22-/m1/s1. The molecule has 0 aliphatic carbocycles. The molecule has 7 nitrogen and oxygen atoms in total. The highest BCUT2D eigenvalue weighted by Crippen LogP contribution is 2.28. The van der Waals surface area contributed by atoms with Crippen molar-refractivity contribution in [2.24, 2.45) is 0 Å². The van der Waals surface area contributed by atoms with Crippen LogP contribution < -0.4 is 9.62 Å². The van der Waals surface area contributed by atoms with Crippen molar-refractivity contribution in [2.75, 3.05) is 23.7 Å². The molecular weight excluding hydrogens is 497 g/mol. The maximum absolute atomic E-state index is 13.5. The van der Waals surface area contributed by atoms with Crippen LogP contribution in [0.4, 0.5) is 5.69 Å². The number of sulfonamides is 1. The number of nitrogens with zero attached hydrogens (tertiary/aromatic N) is 2. The maximum Gasteiger partial charge on any atom is 0.244 e. The minimum absolute atomic E-state index is 0.165. The second-order valence-electron chi connectivity index (χ2n) is 7.94. The molecule has 0 saturated carbocycles. The molecule has 0 heterocycles. The SMILES string of the molecule is CCCCNC(=O)[C@@H](CC)N(Cc1ccccc1)C(=O)CN(c1ccc(Cl)c(Cl)c1)S(C)(=O)=O. The van der Waals surface area contributed by atoms with Crippen molar-refractivity contribution < 1.29 is 18.0 Å². The Kier molecular flexibility index (Phi) is 10.7. The number of unbranched alkanes of at least 4 members (excludes halogenated alkanes) is 1. The van der Waals surface area contributed by atoms with E-state index in [9.17, 15) is 18.0 Å². The molecule has 1 N–H and O–H groups in total. The summed E-state index contributed by atoms with van der Waals surface area (Å²) in [7, 11) is -3.84. The maximum atomic E-state index is 13.5. The number of carbonyl (C=O) groups is 2. The Morgan fingerprint density at radius 2 is 1.71 bits per heavy atom. The van der Waals surface area contributed by atoms with Gasteiger partial charge in [0.15, 0.2) is 0 Å². The largest absolute Gasteiger partial charge is 0.354 e. The third kappa shape index (κ3) is 7.89. The molecule has 0 bridgehead atoms. The lowest BCUT2D eigenvalue weighted by Crippen LogP contribution is -2.52. The Labute approximate surface area is 212 Å². The molecular formula is C24H31Cl2N3O4S. The van der Waals surface area contributed by atoms with E-state index in [2.05, 4.69) is 5.32 Å². The Morgan fingerprint density at radius 3 is 2.26 bits per heavy atom. The van der Waals surface area contributed by atoms with Crippen LogP contribution in [0.2, 0.25) is 10.0 Å². The van der Waals surface area contributed by atoms with Crippen LogP contribution in [0.25, 0.3) is 0 Å². The molecule has 2 aromatic carbocycles. The summed E-state index contributed by atoms with van der Waals surface area (Å²) in [6.07, 6.45) is 3.14. The number of benzene rings is 2. The molecule has 0 fully saturated rings. The van der Waals surface area contributed by atoms with E-state index in [-0.39, 0.29) is 28.2 Å². The topological polar surface area (TPSA) is 86.8 Å². The summed E-state index contributed by atoms with van der Waals surface area (Å²) >= 11 is 12.1. The third-order valence-electron chi connectivity index (χ3n) is 5.28. The van der Waals surface area contributed by atoms with E-state index in [0.29, 0.717) is 13.0 Å². The van der Waals surface area contributed by atoms with E-state index in [1.807, 2.05) is 44.2 Å². The normalized spacial score (nSPS) is 12.1. The molecule has 1 atom stereocenters. The Bertz CT molecular complexity index is 1080. The molecule has 2 amide bonds. The van der Waals surface area contributed by atoms with Gasteiger partial charge in [-0.15, -0.1) is 0 Å². The van der Waals surface area contributed by atoms with Crippen LogP contribution in [-0.2, 0) is 26.2 Å². The summed E-state index contributed by atoms with van der Waals surface area (Å²) in [6, 6.07) is 12.9. The molecule has 0 aliphatic rings. The van der Waals surface area contributed by atoms with Gasteiger partial charge in [-0.3, -0.25) is 13.9 Å². The van der Waals surface area contributed by atoms with Crippen LogP contribution >= 0.6 is 23.2 Å². The second kappa shape index (κ2) is 13.0. The van der Waals surface area contributed by atoms with Gasteiger partial charge < -0.3 is 10.2 Å². The molecule has 2 rings (SSSR count). The van der Waals surface area contributed by atoms with Crippen molar-refractivity contribution in [1.29, 1.82) is 0 Å². The van der Waals surface area contributed by atoms with Crippen LogP contribution in [0.3, 0.4) is 0 Å². The van der Waals surface area contributed by atoms with E-state index in [0.717, 1.165) is 29.0 Å². The van der Waals surface area contributed by atoms with E-state index in [1.165, 1.54) is 23.1 Å². The molecule has 2 aromatic rings. The van der Waals surface area contributed by atoms with Gasteiger partial charge in [0.2, 0.25) is 21.8 Å². The summed E-state index contributed by atoms with van der Waals surface area (Å²) in [5.41, 5.74) is 1.04. The lowest BCUT2D eigenvalue weighted by atomic mass is 10.1. The minimum atomic E-state index is -3.84. The van der Waals surface area contributed by atoms with Gasteiger partial charge in [-0.25, -0.2) is 8.42 Å². The number of carbonyl (C=O) groups excluding carboxylic acids is 2.